The van der Waals surface area contributed by atoms with E-state index in [0.29, 0.717) is 6.61 Å². The van der Waals surface area contributed by atoms with Gasteiger partial charge in [0.05, 0.1) is 0 Å². The van der Waals surface area contributed by atoms with E-state index >= 15 is 0 Å². The van der Waals surface area contributed by atoms with Crippen LogP contribution in [0.1, 0.15) is 38.5 Å². The molecule has 1 fully saturated rings. The maximum atomic E-state index is 8.57. The molecule has 0 aliphatic heterocycles. The number of hydrogen-bond acceptors (Lipinski definition) is 2. The van der Waals surface area contributed by atoms with Gasteiger partial charge in [-0.25, -0.2) is 0 Å². The van der Waals surface area contributed by atoms with Crippen molar-refractivity contribution in [2.24, 2.45) is 5.92 Å². The zero-order chi connectivity index (χ0) is 8.65. The summed E-state index contributed by atoms with van der Waals surface area (Å²) < 4.78 is 0. The summed E-state index contributed by atoms with van der Waals surface area (Å²) in [7, 11) is 0. The molecule has 1 aliphatic rings. The van der Waals surface area contributed by atoms with Crippen LogP contribution in [-0.4, -0.2) is 23.2 Å². The molecule has 0 amide bonds. The number of aliphatic hydroxyl groups excluding tert-OH is 1. The molecule has 1 N–H and O–H groups in total. The van der Waals surface area contributed by atoms with Gasteiger partial charge in [0.25, 0.3) is 0 Å². The Morgan fingerprint density at radius 1 is 1.17 bits per heavy atom. The highest BCUT2D eigenvalue weighted by Gasteiger charge is 2.13. The minimum absolute atomic E-state index is 0.365. The number of aliphatic hydroxyl groups is 1. The number of rotatable bonds is 6. The first-order valence-corrected chi connectivity index (χ1v) is 6.27. The quantitative estimate of drug-likeness (QED) is 0.647. The summed E-state index contributed by atoms with van der Waals surface area (Å²) in [5.41, 5.74) is 0. The molecule has 1 aliphatic carbocycles. The highest BCUT2D eigenvalue weighted by Crippen LogP contribution is 2.27. The fraction of sp³-hybridized carbons (Fsp3) is 1.00. The van der Waals surface area contributed by atoms with Crippen LogP contribution in [0, 0.1) is 5.92 Å². The third-order valence-electron chi connectivity index (χ3n) is 2.53. The van der Waals surface area contributed by atoms with E-state index in [-0.39, 0.29) is 0 Å². The summed E-state index contributed by atoms with van der Waals surface area (Å²) in [6, 6.07) is 0. The van der Waals surface area contributed by atoms with Gasteiger partial charge in [-0.15, -0.1) is 0 Å². The topological polar surface area (TPSA) is 20.2 Å². The second-order valence-corrected chi connectivity index (χ2v) is 4.81. The maximum absolute atomic E-state index is 8.57. The van der Waals surface area contributed by atoms with E-state index in [9.17, 15) is 0 Å². The summed E-state index contributed by atoms with van der Waals surface area (Å²) in [6.45, 7) is 0.365. The van der Waals surface area contributed by atoms with Gasteiger partial charge < -0.3 is 5.11 Å². The van der Waals surface area contributed by atoms with Crippen molar-refractivity contribution in [2.45, 2.75) is 38.5 Å². The van der Waals surface area contributed by atoms with Crippen LogP contribution in [0.5, 0.6) is 0 Å². The van der Waals surface area contributed by atoms with Gasteiger partial charge in [0.1, 0.15) is 0 Å². The number of unbranched alkanes of at least 4 members (excludes halogenated alkanes) is 1. The van der Waals surface area contributed by atoms with Gasteiger partial charge in [-0.3, -0.25) is 0 Å². The summed E-state index contributed by atoms with van der Waals surface area (Å²) in [5, 5.41) is 8.57. The molecule has 0 spiro atoms. The lowest BCUT2D eigenvalue weighted by Gasteiger charge is -2.07. The van der Waals surface area contributed by atoms with Crippen LogP contribution in [0.3, 0.4) is 0 Å². The van der Waals surface area contributed by atoms with Crippen molar-refractivity contribution < 1.29 is 5.11 Å². The smallest absolute Gasteiger partial charge is 0.0431 e. The van der Waals surface area contributed by atoms with Crippen molar-refractivity contribution in [3.8, 4) is 0 Å². The van der Waals surface area contributed by atoms with Crippen molar-refractivity contribution in [3.63, 3.8) is 0 Å². The molecule has 0 aromatic rings. The minimum Gasteiger partial charge on any atom is -0.396 e. The van der Waals surface area contributed by atoms with Crippen molar-refractivity contribution >= 4 is 11.8 Å². The third kappa shape index (κ3) is 4.36. The van der Waals surface area contributed by atoms with Crippen molar-refractivity contribution in [3.05, 3.63) is 0 Å². The van der Waals surface area contributed by atoms with Crippen LogP contribution in [0.4, 0.5) is 0 Å². The van der Waals surface area contributed by atoms with E-state index in [1.807, 2.05) is 0 Å². The Labute approximate surface area is 79.9 Å². The van der Waals surface area contributed by atoms with E-state index in [2.05, 4.69) is 11.8 Å². The summed E-state index contributed by atoms with van der Waals surface area (Å²) in [5.74, 6) is 3.63. The molecule has 1 rings (SSSR count). The Hall–Kier alpha value is 0.310. The molecule has 0 saturated heterocycles. The molecule has 1 saturated carbocycles. The largest absolute Gasteiger partial charge is 0.396 e. The molecule has 72 valence electrons. The highest BCUT2D eigenvalue weighted by molar-refractivity contribution is 7.99. The summed E-state index contributed by atoms with van der Waals surface area (Å²) in [4.78, 5) is 0. The van der Waals surface area contributed by atoms with Crippen LogP contribution >= 0.6 is 11.8 Å². The maximum Gasteiger partial charge on any atom is 0.0431 e. The second kappa shape index (κ2) is 6.79. The molecule has 0 radical (unpaired) electrons. The lowest BCUT2D eigenvalue weighted by molar-refractivity contribution is 0.287. The Morgan fingerprint density at radius 3 is 2.58 bits per heavy atom. The van der Waals surface area contributed by atoms with E-state index < -0.39 is 0 Å². The van der Waals surface area contributed by atoms with Gasteiger partial charge in [0.2, 0.25) is 0 Å². The van der Waals surface area contributed by atoms with Crippen LogP contribution in [0.25, 0.3) is 0 Å². The standard InChI is InChI=1S/C10H20OS/c11-7-3-4-8-12-9-10-5-1-2-6-10/h10-11H,1-9H2. The van der Waals surface area contributed by atoms with E-state index in [1.54, 1.807) is 0 Å². The van der Waals surface area contributed by atoms with Crippen LogP contribution in [0.2, 0.25) is 0 Å². The van der Waals surface area contributed by atoms with Gasteiger partial charge in [0, 0.05) is 6.61 Å². The number of thioether (sulfide) groups is 1. The molecule has 0 atom stereocenters. The molecule has 1 nitrogen and oxygen atoms in total. The zero-order valence-electron chi connectivity index (χ0n) is 7.80. The van der Waals surface area contributed by atoms with Crippen LogP contribution < -0.4 is 0 Å². The third-order valence-corrected chi connectivity index (χ3v) is 3.81. The molecular formula is C10H20OS. The molecule has 0 unspecified atom stereocenters. The van der Waals surface area contributed by atoms with Gasteiger partial charge in [-0.2, -0.15) is 11.8 Å². The lowest BCUT2D eigenvalue weighted by Crippen LogP contribution is -1.97. The first-order valence-electron chi connectivity index (χ1n) is 5.12. The molecule has 0 aromatic heterocycles. The van der Waals surface area contributed by atoms with E-state index in [4.69, 9.17) is 5.11 Å². The fourth-order valence-corrected chi connectivity index (χ4v) is 2.98. The minimum atomic E-state index is 0.365. The summed E-state index contributed by atoms with van der Waals surface area (Å²) in [6.07, 6.45) is 8.02. The lowest BCUT2D eigenvalue weighted by atomic mass is 10.1. The predicted octanol–water partition coefficient (Wildman–Crippen LogP) is 2.68. The van der Waals surface area contributed by atoms with E-state index in [1.165, 1.54) is 43.6 Å². The Bertz CT molecular complexity index is 100. The number of hydrogen-bond donors (Lipinski definition) is 1. The van der Waals surface area contributed by atoms with Gasteiger partial charge >= 0.3 is 0 Å². The molecule has 0 bridgehead atoms. The average molecular weight is 188 g/mol. The Kier molecular flexibility index (Phi) is 5.88. The van der Waals surface area contributed by atoms with E-state index in [0.717, 1.165) is 12.3 Å². The monoisotopic (exact) mass is 188 g/mol. The second-order valence-electron chi connectivity index (χ2n) is 3.66. The zero-order valence-corrected chi connectivity index (χ0v) is 8.61. The summed E-state index contributed by atoms with van der Waals surface area (Å²) >= 11 is 2.08. The van der Waals surface area contributed by atoms with Crippen LogP contribution in [0.15, 0.2) is 0 Å². The van der Waals surface area contributed by atoms with Gasteiger partial charge in [0.15, 0.2) is 0 Å². The fourth-order valence-electron chi connectivity index (χ4n) is 1.74. The van der Waals surface area contributed by atoms with Crippen molar-refractivity contribution in [1.29, 1.82) is 0 Å². The van der Waals surface area contributed by atoms with Crippen LogP contribution in [-0.2, 0) is 0 Å². The van der Waals surface area contributed by atoms with Gasteiger partial charge in [-0.05, 0) is 43.1 Å². The van der Waals surface area contributed by atoms with Crippen molar-refractivity contribution in [1.82, 2.24) is 0 Å². The molecular weight excluding hydrogens is 168 g/mol. The van der Waals surface area contributed by atoms with Crippen molar-refractivity contribution in [2.75, 3.05) is 18.1 Å². The first-order chi connectivity index (χ1) is 5.93. The Balaban J connectivity index is 1.81. The SMILES string of the molecule is OCCCCSCC1CCCC1. The highest BCUT2D eigenvalue weighted by atomic mass is 32.2. The Morgan fingerprint density at radius 2 is 1.92 bits per heavy atom. The molecule has 0 heterocycles. The van der Waals surface area contributed by atoms with Gasteiger partial charge in [-0.1, -0.05) is 12.8 Å². The molecule has 0 aromatic carbocycles. The average Bonchev–Trinajstić information content (AvgIpc) is 2.57. The normalized spacial score (nSPS) is 18.8. The molecule has 12 heavy (non-hydrogen) atoms. The molecule has 2 heteroatoms. The predicted molar refractivity (Wildman–Crippen MR) is 55.6 cm³/mol. The first kappa shape index (κ1) is 10.4.